The number of hydrogen-bond acceptors (Lipinski definition) is 4. The molecule has 0 aliphatic carbocycles. The van der Waals surface area contributed by atoms with Crippen molar-refractivity contribution in [1.82, 2.24) is 9.88 Å². The molecule has 1 fully saturated rings. The van der Waals surface area contributed by atoms with Crippen LogP contribution >= 0.6 is 22.9 Å². The maximum absolute atomic E-state index is 5.73. The average Bonchev–Trinajstić information content (AvgIpc) is 2.97. The van der Waals surface area contributed by atoms with Crippen molar-refractivity contribution in [3.8, 4) is 0 Å². The molecule has 2 heterocycles. The topological polar surface area (TPSA) is 25.4 Å². The molecule has 1 aromatic rings. The lowest BCUT2D eigenvalue weighted by atomic mass is 10.3. The van der Waals surface area contributed by atoms with Gasteiger partial charge in [0.05, 0.1) is 22.7 Å². The van der Waals surface area contributed by atoms with Crippen molar-refractivity contribution in [3.63, 3.8) is 0 Å². The van der Waals surface area contributed by atoms with Gasteiger partial charge in [-0.05, 0) is 19.4 Å². The maximum atomic E-state index is 5.73. The number of thiazole rings is 1. The third kappa shape index (κ3) is 3.91. The number of likely N-dealkylation sites (tertiary alicyclic amines) is 1. The third-order valence-corrected chi connectivity index (χ3v) is 4.39. The smallest absolute Gasteiger partial charge is 0.0929 e. The standard InChI is InChI=1S/C12H19ClN2OS/c1-16-11-4-6-15(8-11)5-2-3-12-14-10(7-13)9-17-12/h9,11H,2-8H2,1H3. The van der Waals surface area contributed by atoms with Gasteiger partial charge in [0.15, 0.2) is 0 Å². The summed E-state index contributed by atoms with van der Waals surface area (Å²) in [5.41, 5.74) is 1.01. The second-order valence-electron chi connectivity index (χ2n) is 4.42. The minimum Gasteiger partial charge on any atom is -0.380 e. The molecule has 1 saturated heterocycles. The highest BCUT2D eigenvalue weighted by molar-refractivity contribution is 7.09. The van der Waals surface area contributed by atoms with E-state index in [4.69, 9.17) is 16.3 Å². The molecule has 17 heavy (non-hydrogen) atoms. The van der Waals surface area contributed by atoms with Crippen molar-refractivity contribution < 1.29 is 4.74 Å². The van der Waals surface area contributed by atoms with Crippen LogP contribution in [0.1, 0.15) is 23.5 Å². The summed E-state index contributed by atoms with van der Waals surface area (Å²) in [5.74, 6) is 0.526. The molecule has 0 radical (unpaired) electrons. The summed E-state index contributed by atoms with van der Waals surface area (Å²) in [7, 11) is 1.80. The summed E-state index contributed by atoms with van der Waals surface area (Å²) in [5, 5.41) is 3.27. The zero-order valence-electron chi connectivity index (χ0n) is 10.2. The molecule has 96 valence electrons. The van der Waals surface area contributed by atoms with Gasteiger partial charge in [-0.2, -0.15) is 0 Å². The van der Waals surface area contributed by atoms with Crippen LogP contribution in [0.3, 0.4) is 0 Å². The summed E-state index contributed by atoms with van der Waals surface area (Å²) < 4.78 is 5.36. The molecular weight excluding hydrogens is 256 g/mol. The highest BCUT2D eigenvalue weighted by Gasteiger charge is 2.21. The van der Waals surface area contributed by atoms with Crippen LogP contribution in [0.4, 0.5) is 0 Å². The molecule has 0 amide bonds. The number of rotatable bonds is 6. The SMILES string of the molecule is COC1CCN(CCCc2nc(CCl)cs2)C1. The van der Waals surface area contributed by atoms with Crippen LogP contribution in [0, 0.1) is 0 Å². The largest absolute Gasteiger partial charge is 0.380 e. The van der Waals surface area contributed by atoms with E-state index in [9.17, 15) is 0 Å². The normalized spacial score (nSPS) is 21.2. The van der Waals surface area contributed by atoms with E-state index in [0.717, 1.165) is 25.2 Å². The lowest BCUT2D eigenvalue weighted by Crippen LogP contribution is -2.24. The Kier molecular flexibility index (Phi) is 5.22. The number of halogens is 1. The van der Waals surface area contributed by atoms with E-state index in [1.165, 1.54) is 24.4 Å². The minimum atomic E-state index is 0.442. The lowest BCUT2D eigenvalue weighted by Gasteiger charge is -2.14. The fourth-order valence-electron chi connectivity index (χ4n) is 2.17. The molecule has 1 unspecified atom stereocenters. The number of alkyl halides is 1. The molecule has 0 saturated carbocycles. The van der Waals surface area contributed by atoms with E-state index in [1.54, 1.807) is 18.4 Å². The van der Waals surface area contributed by atoms with Crippen LogP contribution in [0.15, 0.2) is 5.38 Å². The van der Waals surface area contributed by atoms with E-state index in [1.807, 2.05) is 0 Å². The van der Waals surface area contributed by atoms with Gasteiger partial charge < -0.3 is 9.64 Å². The van der Waals surface area contributed by atoms with E-state index in [-0.39, 0.29) is 0 Å². The van der Waals surface area contributed by atoms with Gasteiger partial charge in [0.2, 0.25) is 0 Å². The molecule has 1 aromatic heterocycles. The Bertz CT molecular complexity index is 345. The highest BCUT2D eigenvalue weighted by atomic mass is 35.5. The van der Waals surface area contributed by atoms with Gasteiger partial charge in [0.1, 0.15) is 0 Å². The van der Waals surface area contributed by atoms with Gasteiger partial charge in [0.25, 0.3) is 0 Å². The molecule has 0 bridgehead atoms. The number of aryl methyl sites for hydroxylation is 1. The predicted molar refractivity (Wildman–Crippen MR) is 71.8 cm³/mol. The molecule has 1 atom stereocenters. The highest BCUT2D eigenvalue weighted by Crippen LogP contribution is 2.15. The molecule has 1 aliphatic rings. The maximum Gasteiger partial charge on any atom is 0.0929 e. The Labute approximate surface area is 112 Å². The molecule has 0 N–H and O–H groups in total. The van der Waals surface area contributed by atoms with Crippen LogP contribution < -0.4 is 0 Å². The molecule has 2 rings (SSSR count). The zero-order chi connectivity index (χ0) is 12.1. The molecule has 3 nitrogen and oxygen atoms in total. The van der Waals surface area contributed by atoms with Crippen molar-refractivity contribution in [2.45, 2.75) is 31.2 Å². The molecule has 5 heteroatoms. The summed E-state index contributed by atoms with van der Waals surface area (Å²) in [6, 6.07) is 0. The lowest BCUT2D eigenvalue weighted by molar-refractivity contribution is 0.108. The van der Waals surface area contributed by atoms with Crippen LogP contribution in [-0.4, -0.2) is 42.7 Å². The molecule has 1 aliphatic heterocycles. The first kappa shape index (κ1) is 13.3. The Balaban J connectivity index is 1.66. The Morgan fingerprint density at radius 3 is 3.18 bits per heavy atom. The summed E-state index contributed by atoms with van der Waals surface area (Å²) in [6.45, 7) is 3.40. The van der Waals surface area contributed by atoms with Crippen molar-refractivity contribution in [3.05, 3.63) is 16.1 Å². The van der Waals surface area contributed by atoms with Gasteiger partial charge in [0, 0.05) is 32.0 Å². The number of ether oxygens (including phenoxy) is 1. The van der Waals surface area contributed by atoms with Gasteiger partial charge in [-0.25, -0.2) is 4.98 Å². The number of methoxy groups -OCH3 is 1. The van der Waals surface area contributed by atoms with Gasteiger partial charge >= 0.3 is 0 Å². The zero-order valence-corrected chi connectivity index (χ0v) is 11.8. The predicted octanol–water partition coefficient (Wildman–Crippen LogP) is 2.54. The van der Waals surface area contributed by atoms with Crippen molar-refractivity contribution in [2.24, 2.45) is 0 Å². The van der Waals surface area contributed by atoms with Crippen molar-refractivity contribution >= 4 is 22.9 Å². The Hall–Kier alpha value is -0.160. The molecule has 0 aromatic carbocycles. The number of nitrogens with zero attached hydrogens (tertiary/aromatic N) is 2. The first-order chi connectivity index (χ1) is 8.31. The summed E-state index contributed by atoms with van der Waals surface area (Å²) in [4.78, 5) is 6.94. The molecular formula is C12H19ClN2OS. The second-order valence-corrected chi connectivity index (χ2v) is 5.63. The number of hydrogen-bond donors (Lipinski definition) is 0. The summed E-state index contributed by atoms with van der Waals surface area (Å²) in [6.07, 6.45) is 3.85. The summed E-state index contributed by atoms with van der Waals surface area (Å²) >= 11 is 7.45. The minimum absolute atomic E-state index is 0.442. The number of aromatic nitrogens is 1. The van der Waals surface area contributed by atoms with Gasteiger partial charge in [-0.3, -0.25) is 0 Å². The Morgan fingerprint density at radius 2 is 2.53 bits per heavy atom. The van der Waals surface area contributed by atoms with Gasteiger partial charge in [-0.15, -0.1) is 22.9 Å². The average molecular weight is 275 g/mol. The van der Waals surface area contributed by atoms with Crippen LogP contribution in [0.5, 0.6) is 0 Å². The third-order valence-electron chi connectivity index (χ3n) is 3.16. The van der Waals surface area contributed by atoms with Gasteiger partial charge in [-0.1, -0.05) is 0 Å². The fraction of sp³-hybridized carbons (Fsp3) is 0.750. The first-order valence-electron chi connectivity index (χ1n) is 6.06. The molecule has 0 spiro atoms. The quantitative estimate of drug-likeness (QED) is 0.746. The Morgan fingerprint density at radius 1 is 1.65 bits per heavy atom. The van der Waals surface area contributed by atoms with E-state index < -0.39 is 0 Å². The van der Waals surface area contributed by atoms with Crippen molar-refractivity contribution in [2.75, 3.05) is 26.7 Å². The second kappa shape index (κ2) is 6.69. The monoisotopic (exact) mass is 274 g/mol. The van der Waals surface area contributed by atoms with Crippen LogP contribution in [0.25, 0.3) is 0 Å². The van der Waals surface area contributed by atoms with E-state index in [0.29, 0.717) is 12.0 Å². The van der Waals surface area contributed by atoms with Crippen LogP contribution in [0.2, 0.25) is 0 Å². The first-order valence-corrected chi connectivity index (χ1v) is 7.47. The van der Waals surface area contributed by atoms with Crippen molar-refractivity contribution in [1.29, 1.82) is 0 Å². The fourth-order valence-corrected chi connectivity index (χ4v) is 3.24. The van der Waals surface area contributed by atoms with E-state index in [2.05, 4.69) is 15.3 Å². The van der Waals surface area contributed by atoms with E-state index >= 15 is 0 Å². The van der Waals surface area contributed by atoms with Crippen LogP contribution in [-0.2, 0) is 17.0 Å².